The van der Waals surface area contributed by atoms with Crippen molar-refractivity contribution < 1.29 is 9.84 Å². The van der Waals surface area contributed by atoms with Crippen molar-refractivity contribution >= 4 is 0 Å². The molecule has 1 heterocycles. The summed E-state index contributed by atoms with van der Waals surface area (Å²) in [4.78, 5) is 0. The Morgan fingerprint density at radius 3 is 2.32 bits per heavy atom. The smallest absolute Gasteiger partial charge is 0.0793 e. The maximum Gasteiger partial charge on any atom is 0.0793 e. The molecule has 1 N–H and O–H groups in total. The summed E-state index contributed by atoms with van der Waals surface area (Å²) in [7, 11) is 0. The molecule has 5 aliphatic carbocycles. The zero-order valence-corrected chi connectivity index (χ0v) is 23.5. The number of rotatable bonds is 1. The van der Waals surface area contributed by atoms with Gasteiger partial charge in [-0.1, -0.05) is 46.3 Å². The van der Waals surface area contributed by atoms with E-state index >= 15 is 0 Å². The van der Waals surface area contributed by atoms with E-state index in [1.54, 1.807) is 0 Å². The zero-order chi connectivity index (χ0) is 24.5. The van der Waals surface area contributed by atoms with Gasteiger partial charge in [0.05, 0.1) is 17.3 Å². The summed E-state index contributed by atoms with van der Waals surface area (Å²) in [6, 6.07) is 0. The minimum atomic E-state index is -0.617. The van der Waals surface area contributed by atoms with Gasteiger partial charge in [0, 0.05) is 12.3 Å². The maximum absolute atomic E-state index is 12.0. The summed E-state index contributed by atoms with van der Waals surface area (Å²) in [5.41, 5.74) is 2.28. The summed E-state index contributed by atoms with van der Waals surface area (Å²) < 4.78 is 7.09. The van der Waals surface area contributed by atoms with E-state index in [1.165, 1.54) is 63.4 Å². The number of aliphatic hydroxyl groups is 1. The van der Waals surface area contributed by atoms with Crippen molar-refractivity contribution in [3.63, 3.8) is 0 Å². The average Bonchev–Trinajstić information content (AvgIpc) is 3.22. The largest absolute Gasteiger partial charge is 0.390 e. The molecule has 6 aliphatic rings. The Morgan fingerprint density at radius 2 is 1.62 bits per heavy atom. The summed E-state index contributed by atoms with van der Waals surface area (Å²) in [5, 5.41) is 12.0. The lowest BCUT2D eigenvalue weighted by Gasteiger charge is -2.71. The van der Waals surface area contributed by atoms with Gasteiger partial charge in [-0.3, -0.25) is 0 Å². The van der Waals surface area contributed by atoms with Crippen molar-refractivity contribution in [2.24, 2.45) is 51.2 Å². The molecule has 11 unspecified atom stereocenters. The van der Waals surface area contributed by atoms with Gasteiger partial charge >= 0.3 is 0 Å². The highest BCUT2D eigenvalue weighted by Gasteiger charge is 2.79. The molecule has 192 valence electrons. The molecule has 34 heavy (non-hydrogen) atoms. The van der Waals surface area contributed by atoms with Gasteiger partial charge in [0.25, 0.3) is 0 Å². The van der Waals surface area contributed by atoms with Gasteiger partial charge in [0.2, 0.25) is 0 Å². The quantitative estimate of drug-likeness (QED) is 0.396. The minimum Gasteiger partial charge on any atom is -0.390 e. The first-order valence-corrected chi connectivity index (χ1v) is 14.8. The Hall–Kier alpha value is -0.340. The third-order valence-electron chi connectivity index (χ3n) is 14.0. The third-order valence-corrected chi connectivity index (χ3v) is 14.0. The van der Waals surface area contributed by atoms with Gasteiger partial charge in [-0.15, -0.1) is 0 Å². The molecule has 0 aromatic rings. The van der Waals surface area contributed by atoms with Gasteiger partial charge in [0.1, 0.15) is 0 Å². The molecular formula is C32H52O2. The molecule has 6 fully saturated rings. The van der Waals surface area contributed by atoms with Crippen molar-refractivity contribution in [3.8, 4) is 0 Å². The second-order valence-corrected chi connectivity index (χ2v) is 15.8. The normalized spacial score (nSPS) is 59.4. The molecule has 1 saturated heterocycles. The van der Waals surface area contributed by atoms with Crippen LogP contribution in [0.4, 0.5) is 0 Å². The van der Waals surface area contributed by atoms with Gasteiger partial charge in [0.15, 0.2) is 0 Å². The molecule has 6 rings (SSSR count). The lowest BCUT2D eigenvalue weighted by atomic mass is 9.34. The van der Waals surface area contributed by atoms with E-state index in [0.29, 0.717) is 33.5 Å². The highest BCUT2D eigenvalue weighted by atomic mass is 16.5. The summed E-state index contributed by atoms with van der Waals surface area (Å²) >= 11 is 0. The van der Waals surface area contributed by atoms with Gasteiger partial charge in [-0.05, 0) is 124 Å². The molecule has 0 aromatic carbocycles. The van der Waals surface area contributed by atoms with Crippen LogP contribution in [-0.2, 0) is 4.74 Å². The standard InChI is InChI=1S/C32H52O2/c1-20(2)17-22-18-30(8,33)26-23-9-10-25-28(6)13-11-21(3)27(4,5)24(28)12-14-29(25,7)31(23)15-16-32(26,19-31)34-22/h17,21-26,33H,9-16,18-19H2,1-8H3. The van der Waals surface area contributed by atoms with E-state index in [2.05, 4.69) is 61.5 Å². The zero-order valence-electron chi connectivity index (χ0n) is 23.5. The Labute approximate surface area is 209 Å². The summed E-state index contributed by atoms with van der Waals surface area (Å²) in [6.07, 6.45) is 15.2. The van der Waals surface area contributed by atoms with Crippen molar-refractivity contribution in [2.45, 2.75) is 137 Å². The molecule has 0 radical (unpaired) electrons. The molecule has 2 bridgehead atoms. The van der Waals surface area contributed by atoms with E-state index in [-0.39, 0.29) is 11.7 Å². The van der Waals surface area contributed by atoms with Crippen LogP contribution in [0.3, 0.4) is 0 Å². The van der Waals surface area contributed by atoms with Crippen LogP contribution in [0.1, 0.15) is 120 Å². The predicted octanol–water partition coefficient (Wildman–Crippen LogP) is 7.94. The molecular weight excluding hydrogens is 416 g/mol. The van der Waals surface area contributed by atoms with Crippen LogP contribution in [0, 0.1) is 51.2 Å². The number of allylic oxidation sites excluding steroid dienone is 1. The Balaban J connectivity index is 1.41. The molecule has 2 nitrogen and oxygen atoms in total. The lowest BCUT2D eigenvalue weighted by molar-refractivity contribution is -0.248. The molecule has 2 heteroatoms. The number of hydrogen-bond acceptors (Lipinski definition) is 2. The fraction of sp³-hybridized carbons (Fsp3) is 0.938. The first-order chi connectivity index (χ1) is 15.7. The van der Waals surface area contributed by atoms with E-state index in [9.17, 15) is 5.11 Å². The Morgan fingerprint density at radius 1 is 0.882 bits per heavy atom. The summed E-state index contributed by atoms with van der Waals surface area (Å²) in [5.74, 6) is 3.48. The van der Waals surface area contributed by atoms with Crippen LogP contribution in [-0.4, -0.2) is 22.4 Å². The molecule has 5 saturated carbocycles. The predicted molar refractivity (Wildman–Crippen MR) is 139 cm³/mol. The first kappa shape index (κ1) is 24.0. The van der Waals surface area contributed by atoms with E-state index in [1.807, 2.05) is 0 Å². The molecule has 0 aromatic heterocycles. The highest BCUT2D eigenvalue weighted by molar-refractivity contribution is 5.29. The van der Waals surface area contributed by atoms with Crippen LogP contribution in [0.25, 0.3) is 0 Å². The fourth-order valence-electron chi connectivity index (χ4n) is 12.6. The molecule has 2 spiro atoms. The van der Waals surface area contributed by atoms with E-state index < -0.39 is 5.60 Å². The van der Waals surface area contributed by atoms with Crippen molar-refractivity contribution in [3.05, 3.63) is 11.6 Å². The van der Waals surface area contributed by atoms with Crippen LogP contribution in [0.5, 0.6) is 0 Å². The monoisotopic (exact) mass is 468 g/mol. The topological polar surface area (TPSA) is 29.5 Å². The van der Waals surface area contributed by atoms with Gasteiger partial charge in [-0.2, -0.15) is 0 Å². The Bertz CT molecular complexity index is 897. The lowest BCUT2D eigenvalue weighted by Crippen LogP contribution is -2.65. The van der Waals surface area contributed by atoms with Gasteiger partial charge in [-0.25, -0.2) is 0 Å². The number of ether oxygens (including phenoxy) is 1. The van der Waals surface area contributed by atoms with Crippen molar-refractivity contribution in [1.82, 2.24) is 0 Å². The molecule has 11 atom stereocenters. The van der Waals surface area contributed by atoms with Crippen molar-refractivity contribution in [1.29, 1.82) is 0 Å². The molecule has 1 aliphatic heterocycles. The molecule has 0 amide bonds. The van der Waals surface area contributed by atoms with Crippen LogP contribution in [0.2, 0.25) is 0 Å². The average molecular weight is 469 g/mol. The second kappa shape index (κ2) is 6.94. The fourth-order valence-corrected chi connectivity index (χ4v) is 12.6. The number of fused-ring (bicyclic) bond motifs is 4. The SMILES string of the molecule is CC(C)=CC1CC(C)(O)C2C3CCC4C5(C)CCC(C)C(C)(C)C5CCC4(C)C34CCC2(C4)O1. The van der Waals surface area contributed by atoms with E-state index in [0.717, 1.165) is 24.2 Å². The van der Waals surface area contributed by atoms with Crippen LogP contribution in [0.15, 0.2) is 11.6 Å². The minimum absolute atomic E-state index is 0.0732. The van der Waals surface area contributed by atoms with Crippen LogP contribution < -0.4 is 0 Å². The third kappa shape index (κ3) is 2.72. The maximum atomic E-state index is 12.0. The van der Waals surface area contributed by atoms with E-state index in [4.69, 9.17) is 4.74 Å². The second-order valence-electron chi connectivity index (χ2n) is 15.8. The van der Waals surface area contributed by atoms with Crippen LogP contribution >= 0.6 is 0 Å². The van der Waals surface area contributed by atoms with Gasteiger partial charge < -0.3 is 9.84 Å². The first-order valence-electron chi connectivity index (χ1n) is 14.8. The van der Waals surface area contributed by atoms with Crippen molar-refractivity contribution in [2.75, 3.05) is 0 Å². The highest BCUT2D eigenvalue weighted by Crippen LogP contribution is 2.82. The summed E-state index contributed by atoms with van der Waals surface area (Å²) in [6.45, 7) is 19.7. The Kier molecular flexibility index (Phi) is 4.91. The number of hydrogen-bond donors (Lipinski definition) is 1.